The maximum absolute atomic E-state index is 13.4. The van der Waals surface area contributed by atoms with Crippen molar-refractivity contribution in [1.82, 2.24) is 9.97 Å². The van der Waals surface area contributed by atoms with Gasteiger partial charge in [0, 0.05) is 6.61 Å². The molecule has 5 nitrogen and oxygen atoms in total. The number of aryl methyl sites for hydroxylation is 1. The molecule has 0 amide bonds. The van der Waals surface area contributed by atoms with Crippen LogP contribution in [0.3, 0.4) is 0 Å². The third-order valence-corrected chi connectivity index (χ3v) is 2.39. The molecule has 1 fully saturated rings. The van der Waals surface area contributed by atoms with Gasteiger partial charge >= 0.3 is 0 Å². The summed E-state index contributed by atoms with van der Waals surface area (Å²) in [6.07, 6.45) is 1.72. The third-order valence-electron chi connectivity index (χ3n) is 2.39. The minimum Gasteiger partial charge on any atom is -0.370 e. The molecule has 1 atom stereocenters. The maximum Gasteiger partial charge on any atom is 0.187 e. The first-order valence-corrected chi connectivity index (χ1v) is 4.84. The molecule has 15 heavy (non-hydrogen) atoms. The van der Waals surface area contributed by atoms with Gasteiger partial charge < -0.3 is 10.2 Å². The predicted molar refractivity (Wildman–Crippen MR) is 52.5 cm³/mol. The Kier molecular flexibility index (Phi) is 2.79. The van der Waals surface area contributed by atoms with Crippen LogP contribution in [0.25, 0.3) is 0 Å². The number of nitrogens with one attached hydrogen (secondary N) is 1. The number of hydrazine groups is 1. The summed E-state index contributed by atoms with van der Waals surface area (Å²) in [4.78, 5) is 8.04. The highest BCUT2D eigenvalue weighted by Gasteiger charge is 2.22. The van der Waals surface area contributed by atoms with E-state index < -0.39 is 5.82 Å². The molecule has 1 aliphatic rings. The molecule has 0 aromatic carbocycles. The van der Waals surface area contributed by atoms with Crippen LogP contribution in [0.15, 0.2) is 0 Å². The molecule has 2 heterocycles. The van der Waals surface area contributed by atoms with Gasteiger partial charge in [-0.15, -0.1) is 0 Å². The SMILES string of the molecule is Cc1nc(C2CCCO2)nc(NN)c1F. The van der Waals surface area contributed by atoms with Gasteiger partial charge in [0.05, 0.1) is 5.69 Å². The smallest absolute Gasteiger partial charge is 0.187 e. The van der Waals surface area contributed by atoms with Gasteiger partial charge in [0.25, 0.3) is 0 Å². The van der Waals surface area contributed by atoms with Gasteiger partial charge in [-0.25, -0.2) is 20.2 Å². The van der Waals surface area contributed by atoms with Crippen LogP contribution >= 0.6 is 0 Å². The average molecular weight is 212 g/mol. The minimum absolute atomic E-state index is 0.0213. The number of nitrogens with zero attached hydrogens (tertiary/aromatic N) is 2. The molecule has 0 saturated carbocycles. The second-order valence-corrected chi connectivity index (χ2v) is 3.48. The van der Waals surface area contributed by atoms with E-state index in [1.54, 1.807) is 6.92 Å². The van der Waals surface area contributed by atoms with E-state index in [9.17, 15) is 4.39 Å². The van der Waals surface area contributed by atoms with Crippen LogP contribution in [0.2, 0.25) is 0 Å². The van der Waals surface area contributed by atoms with Crippen molar-refractivity contribution in [3.63, 3.8) is 0 Å². The monoisotopic (exact) mass is 212 g/mol. The summed E-state index contributed by atoms with van der Waals surface area (Å²) >= 11 is 0. The highest BCUT2D eigenvalue weighted by molar-refractivity contribution is 5.36. The predicted octanol–water partition coefficient (Wildman–Crippen LogP) is 1.06. The van der Waals surface area contributed by atoms with E-state index >= 15 is 0 Å². The Bertz CT molecular complexity index is 365. The largest absolute Gasteiger partial charge is 0.370 e. The summed E-state index contributed by atoms with van der Waals surface area (Å²) in [5, 5.41) is 0. The lowest BCUT2D eigenvalue weighted by molar-refractivity contribution is 0.105. The Morgan fingerprint density at radius 2 is 2.33 bits per heavy atom. The van der Waals surface area contributed by atoms with Crippen molar-refractivity contribution in [1.29, 1.82) is 0 Å². The molecule has 0 radical (unpaired) electrons. The summed E-state index contributed by atoms with van der Waals surface area (Å²) in [5.74, 6) is 5.17. The second kappa shape index (κ2) is 4.08. The van der Waals surface area contributed by atoms with Gasteiger partial charge in [-0.05, 0) is 19.8 Å². The van der Waals surface area contributed by atoms with Crippen molar-refractivity contribution in [2.75, 3.05) is 12.0 Å². The second-order valence-electron chi connectivity index (χ2n) is 3.48. The number of nitrogens with two attached hydrogens (primary N) is 1. The van der Waals surface area contributed by atoms with Crippen LogP contribution in [-0.4, -0.2) is 16.6 Å². The van der Waals surface area contributed by atoms with Crippen molar-refractivity contribution in [2.45, 2.75) is 25.9 Å². The zero-order chi connectivity index (χ0) is 10.8. The Balaban J connectivity index is 2.35. The van der Waals surface area contributed by atoms with E-state index in [0.717, 1.165) is 12.8 Å². The number of rotatable bonds is 2. The highest BCUT2D eigenvalue weighted by atomic mass is 19.1. The molecule has 1 saturated heterocycles. The van der Waals surface area contributed by atoms with Gasteiger partial charge in [-0.3, -0.25) is 0 Å². The lowest BCUT2D eigenvalue weighted by Gasteiger charge is -2.11. The Hall–Kier alpha value is -1.27. The Morgan fingerprint density at radius 3 is 2.93 bits per heavy atom. The van der Waals surface area contributed by atoms with Crippen LogP contribution in [0, 0.1) is 12.7 Å². The summed E-state index contributed by atoms with van der Waals surface area (Å²) in [6, 6.07) is 0. The number of ether oxygens (including phenoxy) is 1. The lowest BCUT2D eigenvalue weighted by Crippen LogP contribution is -2.15. The van der Waals surface area contributed by atoms with Crippen LogP contribution in [0.4, 0.5) is 10.2 Å². The zero-order valence-corrected chi connectivity index (χ0v) is 8.46. The Labute approximate surface area is 86.8 Å². The first kappa shape index (κ1) is 10.3. The first-order chi connectivity index (χ1) is 7.22. The molecule has 0 aliphatic carbocycles. The zero-order valence-electron chi connectivity index (χ0n) is 8.46. The van der Waals surface area contributed by atoms with Crippen LogP contribution in [0.1, 0.15) is 30.5 Å². The van der Waals surface area contributed by atoms with E-state index in [-0.39, 0.29) is 17.6 Å². The molecular formula is C9H13FN4O. The molecule has 2 rings (SSSR count). The minimum atomic E-state index is -0.515. The molecule has 1 unspecified atom stereocenters. The number of hydrogen-bond donors (Lipinski definition) is 2. The summed E-state index contributed by atoms with van der Waals surface area (Å²) in [7, 11) is 0. The fraction of sp³-hybridized carbons (Fsp3) is 0.556. The molecular weight excluding hydrogens is 199 g/mol. The molecule has 82 valence electrons. The van der Waals surface area contributed by atoms with Gasteiger partial charge in [-0.1, -0.05) is 0 Å². The fourth-order valence-corrected chi connectivity index (χ4v) is 1.60. The van der Waals surface area contributed by atoms with Crippen molar-refractivity contribution in [3.8, 4) is 0 Å². The normalized spacial score (nSPS) is 20.6. The van der Waals surface area contributed by atoms with E-state index in [1.807, 2.05) is 0 Å². The third kappa shape index (κ3) is 1.91. The molecule has 1 aromatic rings. The number of anilines is 1. The average Bonchev–Trinajstić information content (AvgIpc) is 2.75. The summed E-state index contributed by atoms with van der Waals surface area (Å²) < 4.78 is 18.8. The molecule has 1 aromatic heterocycles. The lowest BCUT2D eigenvalue weighted by atomic mass is 10.2. The van der Waals surface area contributed by atoms with Gasteiger partial charge in [0.15, 0.2) is 17.5 Å². The summed E-state index contributed by atoms with van der Waals surface area (Å²) in [6.45, 7) is 2.28. The van der Waals surface area contributed by atoms with E-state index in [1.165, 1.54) is 0 Å². The number of aromatic nitrogens is 2. The van der Waals surface area contributed by atoms with Crippen molar-refractivity contribution in [3.05, 3.63) is 17.3 Å². The quantitative estimate of drug-likeness (QED) is 0.566. The molecule has 0 bridgehead atoms. The van der Waals surface area contributed by atoms with Gasteiger partial charge in [-0.2, -0.15) is 0 Å². The molecule has 1 aliphatic heterocycles. The standard InChI is InChI=1S/C9H13FN4O/c1-5-7(10)9(14-11)13-8(12-5)6-3-2-4-15-6/h6H,2-4,11H2,1H3,(H,12,13,14). The number of hydrogen-bond acceptors (Lipinski definition) is 5. The molecule has 3 N–H and O–H groups in total. The van der Waals surface area contributed by atoms with Gasteiger partial charge in [0.2, 0.25) is 0 Å². The molecule has 6 heteroatoms. The van der Waals surface area contributed by atoms with E-state index in [0.29, 0.717) is 12.4 Å². The first-order valence-electron chi connectivity index (χ1n) is 4.84. The van der Waals surface area contributed by atoms with E-state index in [4.69, 9.17) is 10.6 Å². The van der Waals surface area contributed by atoms with Crippen molar-refractivity contribution >= 4 is 5.82 Å². The number of halogens is 1. The summed E-state index contributed by atoms with van der Waals surface area (Å²) in [5.41, 5.74) is 2.50. The van der Waals surface area contributed by atoms with E-state index in [2.05, 4.69) is 15.4 Å². The highest BCUT2D eigenvalue weighted by Crippen LogP contribution is 2.27. The van der Waals surface area contributed by atoms with Crippen LogP contribution in [-0.2, 0) is 4.74 Å². The molecule has 0 spiro atoms. The van der Waals surface area contributed by atoms with Crippen LogP contribution in [0.5, 0.6) is 0 Å². The fourth-order valence-electron chi connectivity index (χ4n) is 1.60. The van der Waals surface area contributed by atoms with Gasteiger partial charge in [0.1, 0.15) is 6.10 Å². The topological polar surface area (TPSA) is 73.1 Å². The maximum atomic E-state index is 13.4. The van der Waals surface area contributed by atoms with Crippen molar-refractivity contribution < 1.29 is 9.13 Å². The van der Waals surface area contributed by atoms with Crippen molar-refractivity contribution in [2.24, 2.45) is 5.84 Å². The van der Waals surface area contributed by atoms with Crippen LogP contribution < -0.4 is 11.3 Å². The number of nitrogen functional groups attached to an aromatic ring is 1. The Morgan fingerprint density at radius 1 is 1.53 bits per heavy atom.